The highest BCUT2D eigenvalue weighted by Crippen LogP contribution is 2.39. The zero-order chi connectivity index (χ0) is 17.3. The molecule has 0 aliphatic carbocycles. The number of pyridine rings is 1. The van der Waals surface area contributed by atoms with Crippen molar-refractivity contribution in [3.8, 4) is 5.75 Å². The topological polar surface area (TPSA) is 85.4 Å². The second kappa shape index (κ2) is 6.20. The Hall–Kier alpha value is -3.08. The molecule has 1 atom stereocenters. The molecule has 0 radical (unpaired) electrons. The van der Waals surface area contributed by atoms with Gasteiger partial charge in [-0.15, -0.1) is 0 Å². The number of aromatic hydroxyl groups is 1. The molecule has 0 saturated carbocycles. The quantitative estimate of drug-likeness (QED) is 0.570. The number of carbonyl (C=O) groups is 1. The van der Waals surface area contributed by atoms with E-state index in [1.165, 1.54) is 7.11 Å². The Morgan fingerprint density at radius 2 is 1.88 bits per heavy atom. The van der Waals surface area contributed by atoms with Crippen molar-refractivity contribution < 1.29 is 14.6 Å². The Morgan fingerprint density at radius 3 is 2.54 bits per heavy atom. The smallest absolute Gasteiger partial charge is 0.357 e. The van der Waals surface area contributed by atoms with Gasteiger partial charge in [-0.25, -0.2) is 9.78 Å². The number of methoxy groups -OCH3 is 1. The van der Waals surface area contributed by atoms with E-state index in [9.17, 15) is 9.90 Å². The van der Waals surface area contributed by atoms with E-state index >= 15 is 0 Å². The van der Waals surface area contributed by atoms with Gasteiger partial charge in [0.25, 0.3) is 0 Å². The summed E-state index contributed by atoms with van der Waals surface area (Å²) in [5.41, 5.74) is 8.21. The molecule has 0 aliphatic rings. The molecule has 1 unspecified atom stereocenters. The fourth-order valence-corrected chi connectivity index (χ4v) is 2.88. The number of esters is 1. The molecule has 0 amide bonds. The highest BCUT2D eigenvalue weighted by atomic mass is 16.5. The minimum atomic E-state index is -0.603. The molecular formula is C19H18N2O3. The molecular weight excluding hydrogens is 304 g/mol. The second-order valence-corrected chi connectivity index (χ2v) is 5.59. The lowest BCUT2D eigenvalue weighted by Crippen LogP contribution is -2.12. The third kappa shape index (κ3) is 2.54. The zero-order valence-electron chi connectivity index (χ0n) is 13.5. The number of hydrogen-bond donors (Lipinski definition) is 2. The van der Waals surface area contributed by atoms with Gasteiger partial charge in [-0.2, -0.15) is 0 Å². The van der Waals surface area contributed by atoms with Gasteiger partial charge in [0.05, 0.1) is 18.3 Å². The van der Waals surface area contributed by atoms with E-state index in [-0.39, 0.29) is 17.4 Å². The van der Waals surface area contributed by atoms with Crippen LogP contribution in [0.2, 0.25) is 0 Å². The van der Waals surface area contributed by atoms with Gasteiger partial charge < -0.3 is 15.6 Å². The molecule has 3 N–H and O–H groups in total. The van der Waals surface area contributed by atoms with Crippen LogP contribution in [0, 0.1) is 0 Å². The molecule has 1 aromatic heterocycles. The van der Waals surface area contributed by atoms with E-state index in [2.05, 4.69) is 4.98 Å². The number of carbonyl (C=O) groups excluding carboxylic acids is 1. The van der Waals surface area contributed by atoms with Crippen LogP contribution in [0.15, 0.2) is 48.5 Å². The van der Waals surface area contributed by atoms with Crippen molar-refractivity contribution in [2.45, 2.75) is 12.8 Å². The molecule has 2 aromatic carbocycles. The van der Waals surface area contributed by atoms with E-state index in [4.69, 9.17) is 10.5 Å². The van der Waals surface area contributed by atoms with Crippen molar-refractivity contribution in [2.75, 3.05) is 12.8 Å². The summed E-state index contributed by atoms with van der Waals surface area (Å²) in [5, 5.41) is 11.3. The number of ether oxygens (including phenoxy) is 1. The van der Waals surface area contributed by atoms with Gasteiger partial charge in [-0.05, 0) is 17.7 Å². The Morgan fingerprint density at radius 1 is 1.17 bits per heavy atom. The van der Waals surface area contributed by atoms with Gasteiger partial charge >= 0.3 is 5.97 Å². The molecule has 5 nitrogen and oxygen atoms in total. The summed E-state index contributed by atoms with van der Waals surface area (Å²) in [6.07, 6.45) is 0. The second-order valence-electron chi connectivity index (χ2n) is 5.59. The highest BCUT2D eigenvalue weighted by molar-refractivity contribution is 6.00. The number of benzene rings is 2. The summed E-state index contributed by atoms with van der Waals surface area (Å²) in [4.78, 5) is 16.6. The molecule has 3 rings (SSSR count). The van der Waals surface area contributed by atoms with Crippen LogP contribution in [0.25, 0.3) is 10.9 Å². The first kappa shape index (κ1) is 15.8. The first-order valence-corrected chi connectivity index (χ1v) is 7.59. The number of hydrogen-bond acceptors (Lipinski definition) is 5. The van der Waals surface area contributed by atoms with Gasteiger partial charge in [0.1, 0.15) is 5.75 Å². The van der Waals surface area contributed by atoms with E-state index in [0.717, 1.165) is 5.56 Å². The Labute approximate surface area is 139 Å². The summed E-state index contributed by atoms with van der Waals surface area (Å²) >= 11 is 0. The van der Waals surface area contributed by atoms with E-state index in [0.29, 0.717) is 22.2 Å². The largest absolute Gasteiger partial charge is 0.507 e. The maximum absolute atomic E-state index is 12.2. The predicted molar refractivity (Wildman–Crippen MR) is 93.1 cm³/mol. The lowest BCUT2D eigenvalue weighted by Gasteiger charge is -2.19. The van der Waals surface area contributed by atoms with E-state index in [1.54, 1.807) is 18.2 Å². The molecule has 122 valence electrons. The van der Waals surface area contributed by atoms with E-state index < -0.39 is 5.97 Å². The Bertz CT molecular complexity index is 907. The van der Waals surface area contributed by atoms with Gasteiger partial charge in [-0.3, -0.25) is 0 Å². The maximum Gasteiger partial charge on any atom is 0.357 e. The van der Waals surface area contributed by atoms with Crippen molar-refractivity contribution in [3.05, 3.63) is 65.4 Å². The molecule has 3 aromatic rings. The average molecular weight is 322 g/mol. The summed E-state index contributed by atoms with van der Waals surface area (Å²) in [7, 11) is 1.29. The van der Waals surface area contributed by atoms with Crippen LogP contribution in [-0.2, 0) is 4.74 Å². The molecule has 1 heterocycles. The van der Waals surface area contributed by atoms with Gasteiger partial charge in [-0.1, -0.05) is 43.3 Å². The van der Waals surface area contributed by atoms with Crippen LogP contribution >= 0.6 is 0 Å². The number of nitrogens with two attached hydrogens (primary N) is 1. The molecule has 0 fully saturated rings. The maximum atomic E-state index is 12.2. The van der Waals surface area contributed by atoms with Crippen molar-refractivity contribution in [1.29, 1.82) is 0 Å². The summed E-state index contributed by atoms with van der Waals surface area (Å²) in [5.74, 6) is -0.837. The van der Waals surface area contributed by atoms with Crippen LogP contribution in [-0.4, -0.2) is 23.2 Å². The lowest BCUT2D eigenvalue weighted by molar-refractivity contribution is 0.0592. The van der Waals surface area contributed by atoms with Crippen molar-refractivity contribution in [1.82, 2.24) is 4.98 Å². The molecule has 5 heteroatoms. The highest BCUT2D eigenvalue weighted by Gasteiger charge is 2.26. The minimum absolute atomic E-state index is 0.00375. The van der Waals surface area contributed by atoms with Crippen molar-refractivity contribution >= 4 is 22.6 Å². The Kier molecular flexibility index (Phi) is 4.08. The molecule has 0 bridgehead atoms. The molecule has 0 spiro atoms. The Balaban J connectivity index is 2.32. The lowest BCUT2D eigenvalue weighted by atomic mass is 9.89. The molecule has 0 aliphatic heterocycles. The SMILES string of the molecule is COC(=O)c1nc2c(N)cccc2c(O)c1C(C)c1ccccc1. The standard InChI is InChI=1S/C19H18N2O3/c1-11(12-7-4-3-5-8-12)15-17(19(23)24-2)21-16-13(18(15)22)9-6-10-14(16)20/h3-11H,20H2,1-2H3,(H,21,22). The number of fused-ring (bicyclic) bond motifs is 1. The van der Waals surface area contributed by atoms with Gasteiger partial charge in [0, 0.05) is 16.9 Å². The van der Waals surface area contributed by atoms with Gasteiger partial charge in [0.2, 0.25) is 0 Å². The monoisotopic (exact) mass is 322 g/mol. The number of aromatic nitrogens is 1. The predicted octanol–water partition coefficient (Wildman–Crippen LogP) is 3.46. The van der Waals surface area contributed by atoms with Crippen LogP contribution in [0.4, 0.5) is 5.69 Å². The summed E-state index contributed by atoms with van der Waals surface area (Å²) < 4.78 is 4.85. The van der Waals surface area contributed by atoms with Gasteiger partial charge in [0.15, 0.2) is 5.69 Å². The van der Waals surface area contributed by atoms with Crippen LogP contribution < -0.4 is 5.73 Å². The zero-order valence-corrected chi connectivity index (χ0v) is 13.5. The fraction of sp³-hybridized carbons (Fsp3) is 0.158. The van der Waals surface area contributed by atoms with Crippen molar-refractivity contribution in [2.24, 2.45) is 0 Å². The number of nitrogen functional groups attached to an aromatic ring is 1. The van der Waals surface area contributed by atoms with Crippen LogP contribution in [0.5, 0.6) is 5.75 Å². The first-order valence-electron chi connectivity index (χ1n) is 7.59. The number of nitrogens with zero attached hydrogens (tertiary/aromatic N) is 1. The van der Waals surface area contributed by atoms with E-state index in [1.807, 2.05) is 37.3 Å². The summed E-state index contributed by atoms with van der Waals surface area (Å²) in [6.45, 7) is 1.91. The number of rotatable bonds is 3. The fourth-order valence-electron chi connectivity index (χ4n) is 2.88. The minimum Gasteiger partial charge on any atom is -0.507 e. The van der Waals surface area contributed by atoms with Crippen LogP contribution in [0.3, 0.4) is 0 Å². The third-order valence-electron chi connectivity index (χ3n) is 4.17. The molecule has 24 heavy (non-hydrogen) atoms. The normalized spacial score (nSPS) is 12.1. The molecule has 0 saturated heterocycles. The first-order chi connectivity index (χ1) is 11.5. The number of para-hydroxylation sites is 1. The number of anilines is 1. The average Bonchev–Trinajstić information content (AvgIpc) is 2.62. The van der Waals surface area contributed by atoms with Crippen molar-refractivity contribution in [3.63, 3.8) is 0 Å². The van der Waals surface area contributed by atoms with Crippen LogP contribution in [0.1, 0.15) is 34.5 Å². The summed E-state index contributed by atoms with van der Waals surface area (Å²) in [6, 6.07) is 14.8. The third-order valence-corrected chi connectivity index (χ3v) is 4.17.